The number of nitrogens with zero attached hydrogens (tertiary/aromatic N) is 1. The van der Waals surface area contributed by atoms with Gasteiger partial charge in [-0.1, -0.05) is 44.5 Å². The molecule has 0 aromatic heterocycles. The number of carbonyl (C=O) groups excluding carboxylic acids is 8. The van der Waals surface area contributed by atoms with Crippen LogP contribution in [-0.2, 0) is 68.5 Å². The Balaban J connectivity index is 0.869. The molecular formula is C62H61NO18S2. The topological polar surface area (TPSA) is 253 Å². The molecule has 0 amide bonds. The minimum Gasteiger partial charge on any atom is -0.490 e. The van der Waals surface area contributed by atoms with Gasteiger partial charge in [0.1, 0.15) is 55.2 Å². The first-order chi connectivity index (χ1) is 40.1. The van der Waals surface area contributed by atoms with Gasteiger partial charge in [0, 0.05) is 35.6 Å². The summed E-state index contributed by atoms with van der Waals surface area (Å²) < 4.78 is 54.9. The minimum atomic E-state index is -0.922. The van der Waals surface area contributed by atoms with E-state index in [9.17, 15) is 43.6 Å². The van der Waals surface area contributed by atoms with Crippen molar-refractivity contribution in [2.45, 2.75) is 84.4 Å². The van der Waals surface area contributed by atoms with E-state index in [-0.39, 0.29) is 49.3 Å². The van der Waals surface area contributed by atoms with Gasteiger partial charge in [-0.25, -0.2) is 19.2 Å². The molecule has 2 fully saturated rings. The zero-order valence-electron chi connectivity index (χ0n) is 45.3. The van der Waals surface area contributed by atoms with Crippen LogP contribution in [0.25, 0.3) is 0 Å². The Hall–Kier alpha value is -8.61. The lowest BCUT2D eigenvalue weighted by molar-refractivity contribution is -0.154. The molecule has 3 unspecified atom stereocenters. The first kappa shape index (κ1) is 62.0. The largest absolute Gasteiger partial charge is 0.490 e. The van der Waals surface area contributed by atoms with Crippen LogP contribution in [0.1, 0.15) is 72.6 Å². The SMILES string of the molecule is C=CC(=O)OCC(COc1ccc(OC(=O)C2CCC(C(=O)OCCc3ccc(OC(=O)C4CCC(C(=O)Oc5ccc(OCC(COC(=O)C=C)OC(=O)C=C)cc5)CC4)c4c3SC(c3ccc(C#N)cc3)S4)CC2)cc1)OC(=O)C=C. The van der Waals surface area contributed by atoms with Gasteiger partial charge in [-0.15, -0.1) is 23.5 Å². The molecule has 2 aliphatic carbocycles. The Morgan fingerprint density at radius 3 is 1.33 bits per heavy atom. The average molecular weight is 1170 g/mol. The third-order valence-corrected chi connectivity index (χ3v) is 16.6. The normalized spacial score (nSPS) is 18.5. The molecule has 2 saturated carbocycles. The maximum absolute atomic E-state index is 13.8. The second-order valence-electron chi connectivity index (χ2n) is 19.2. The van der Waals surface area contributed by atoms with Gasteiger partial charge in [-0.2, -0.15) is 5.26 Å². The van der Waals surface area contributed by atoms with Crippen molar-refractivity contribution in [1.82, 2.24) is 0 Å². The summed E-state index contributed by atoms with van der Waals surface area (Å²) in [6.45, 7) is 12.7. The summed E-state index contributed by atoms with van der Waals surface area (Å²) in [6, 6.07) is 25.6. The van der Waals surface area contributed by atoms with Crippen LogP contribution in [0, 0.1) is 35.0 Å². The summed E-state index contributed by atoms with van der Waals surface area (Å²) in [5.41, 5.74) is 2.40. The van der Waals surface area contributed by atoms with Gasteiger partial charge in [0.05, 0.1) is 51.4 Å². The summed E-state index contributed by atoms with van der Waals surface area (Å²) >= 11 is 3.12. The number of hydrogen-bond acceptors (Lipinski definition) is 21. The number of benzene rings is 4. The molecule has 0 spiro atoms. The van der Waals surface area contributed by atoms with E-state index in [1.165, 1.54) is 11.8 Å². The van der Waals surface area contributed by atoms with Crippen molar-refractivity contribution in [3.8, 4) is 34.8 Å². The van der Waals surface area contributed by atoms with Crippen molar-refractivity contribution in [2.75, 3.05) is 33.0 Å². The first-order valence-electron chi connectivity index (χ1n) is 26.7. The quantitative estimate of drug-likeness (QED) is 0.0233. The van der Waals surface area contributed by atoms with Crippen molar-refractivity contribution >= 4 is 71.3 Å². The minimum absolute atomic E-state index is 0.0998. The molecule has 83 heavy (non-hydrogen) atoms. The number of hydrogen-bond donors (Lipinski definition) is 0. The highest BCUT2D eigenvalue weighted by Gasteiger charge is 2.36. The van der Waals surface area contributed by atoms with Crippen LogP contribution in [0.15, 0.2) is 145 Å². The first-order valence-corrected chi connectivity index (χ1v) is 28.4. The standard InChI is InChI=1S/C62H61NO18S2/c1-5-52(64)75-36-49(77-54(66)7-3)34-73-45-22-26-47(27-23-45)79-59(69)41-15-13-40(14-16-41)58(68)72-32-31-39-21-30-51(57-56(39)82-62(83-57)44-11-9-38(33-63)10-12-44)81-61(71)43-19-17-42(18-20-43)60(70)80-48-28-24-46(25-29-48)74-35-50(78-55(67)8-4)37-76-53(65)6-2/h5-12,21-30,40-43,49-50,62H,1-4,13-20,31-32,34-37H2. The zero-order chi connectivity index (χ0) is 59.3. The van der Waals surface area contributed by atoms with Crippen molar-refractivity contribution in [2.24, 2.45) is 23.7 Å². The van der Waals surface area contributed by atoms with Crippen molar-refractivity contribution in [3.63, 3.8) is 0 Å². The lowest BCUT2D eigenvalue weighted by Gasteiger charge is -2.26. The molecule has 19 nitrogen and oxygen atoms in total. The van der Waals surface area contributed by atoms with Crippen LogP contribution < -0.4 is 23.7 Å². The average Bonchev–Trinajstić information content (AvgIpc) is 4.24. The number of thioether (sulfide) groups is 2. The Bertz CT molecular complexity index is 3060. The van der Waals surface area contributed by atoms with Gasteiger partial charge < -0.3 is 47.4 Å². The van der Waals surface area contributed by atoms with E-state index in [0.717, 1.165) is 45.2 Å². The van der Waals surface area contributed by atoms with Crippen LogP contribution in [0.4, 0.5) is 0 Å². The zero-order valence-corrected chi connectivity index (χ0v) is 46.9. The van der Waals surface area contributed by atoms with Crippen LogP contribution >= 0.6 is 23.5 Å². The van der Waals surface area contributed by atoms with Crippen LogP contribution in [0.5, 0.6) is 28.7 Å². The van der Waals surface area contributed by atoms with E-state index < -0.39 is 77.7 Å². The number of ether oxygens (including phenoxy) is 10. The Kier molecular flexibility index (Phi) is 23.2. The van der Waals surface area contributed by atoms with Crippen LogP contribution in [0.2, 0.25) is 0 Å². The van der Waals surface area contributed by atoms with Gasteiger partial charge in [-0.05, 0) is 129 Å². The third-order valence-electron chi connectivity index (χ3n) is 13.5. The summed E-state index contributed by atoms with van der Waals surface area (Å²) in [7, 11) is 0. The van der Waals surface area contributed by atoms with E-state index in [4.69, 9.17) is 47.4 Å². The fraction of sp³-hybridized carbons (Fsp3) is 0.339. The molecule has 0 radical (unpaired) electrons. The molecule has 7 rings (SSSR count). The number of rotatable bonds is 27. The Morgan fingerprint density at radius 1 is 0.482 bits per heavy atom. The highest BCUT2D eigenvalue weighted by molar-refractivity contribution is 8.19. The maximum atomic E-state index is 13.8. The highest BCUT2D eigenvalue weighted by Crippen LogP contribution is 2.60. The van der Waals surface area contributed by atoms with Crippen LogP contribution in [-0.4, -0.2) is 93.0 Å². The summed E-state index contributed by atoms with van der Waals surface area (Å²) in [6.07, 6.45) is 5.87. The highest BCUT2D eigenvalue weighted by atomic mass is 32.2. The van der Waals surface area contributed by atoms with Crippen LogP contribution in [0.3, 0.4) is 0 Å². The molecular weight excluding hydrogens is 1110 g/mol. The lowest BCUT2D eigenvalue weighted by Crippen LogP contribution is -2.30. The smallest absolute Gasteiger partial charge is 0.330 e. The van der Waals surface area contributed by atoms with Crippen molar-refractivity contribution in [3.05, 3.63) is 152 Å². The van der Waals surface area contributed by atoms with E-state index in [0.29, 0.717) is 86.3 Å². The molecule has 4 aromatic carbocycles. The molecule has 3 aliphatic rings. The van der Waals surface area contributed by atoms with Gasteiger partial charge in [0.2, 0.25) is 0 Å². The van der Waals surface area contributed by atoms with Crippen molar-refractivity contribution in [1.29, 1.82) is 5.26 Å². The number of carbonyl (C=O) groups is 8. The second-order valence-corrected chi connectivity index (χ2v) is 21.7. The molecule has 21 heteroatoms. The van der Waals surface area contributed by atoms with Gasteiger partial charge in [0.15, 0.2) is 12.2 Å². The molecule has 434 valence electrons. The lowest BCUT2D eigenvalue weighted by atomic mass is 9.82. The van der Waals surface area contributed by atoms with E-state index >= 15 is 0 Å². The van der Waals surface area contributed by atoms with Gasteiger partial charge in [0.25, 0.3) is 0 Å². The third kappa shape index (κ3) is 18.4. The molecule has 0 saturated heterocycles. The molecule has 1 heterocycles. The van der Waals surface area contributed by atoms with Crippen molar-refractivity contribution < 1.29 is 85.7 Å². The van der Waals surface area contributed by atoms with E-state index in [1.54, 1.807) is 78.5 Å². The summed E-state index contributed by atoms with van der Waals surface area (Å²) in [5, 5.41) is 9.42. The maximum Gasteiger partial charge on any atom is 0.330 e. The molecule has 4 aromatic rings. The fourth-order valence-electron chi connectivity index (χ4n) is 9.00. The monoisotopic (exact) mass is 1170 g/mol. The van der Waals surface area contributed by atoms with Gasteiger partial charge >= 0.3 is 47.8 Å². The summed E-state index contributed by atoms with van der Waals surface area (Å²) in [5.74, 6) is -4.39. The van der Waals surface area contributed by atoms with E-state index in [2.05, 4.69) is 32.4 Å². The predicted molar refractivity (Wildman–Crippen MR) is 301 cm³/mol. The van der Waals surface area contributed by atoms with E-state index in [1.807, 2.05) is 18.2 Å². The molecule has 1 aliphatic heterocycles. The Labute approximate surface area is 488 Å². The summed E-state index contributed by atoms with van der Waals surface area (Å²) in [4.78, 5) is 102. The Morgan fingerprint density at radius 2 is 0.892 bits per heavy atom. The second kappa shape index (κ2) is 31.0. The molecule has 0 bridgehead atoms. The number of fused-ring (bicyclic) bond motifs is 1. The van der Waals surface area contributed by atoms with Gasteiger partial charge in [-0.3, -0.25) is 19.2 Å². The predicted octanol–water partition coefficient (Wildman–Crippen LogP) is 9.68. The number of esters is 8. The molecule has 0 N–H and O–H groups in total. The fourth-order valence-corrected chi connectivity index (χ4v) is 12.1. The molecule has 3 atom stereocenters. The number of nitriles is 1.